The lowest BCUT2D eigenvalue weighted by Crippen LogP contribution is -2.35. The molecule has 0 aliphatic carbocycles. The second-order valence-corrected chi connectivity index (χ2v) is 8.27. The van der Waals surface area contributed by atoms with Crippen LogP contribution in [0.2, 0.25) is 0 Å². The smallest absolute Gasteiger partial charge is 0.0235 e. The van der Waals surface area contributed by atoms with Gasteiger partial charge in [-0.15, -0.1) is 0 Å². The Kier molecular flexibility index (Phi) is 6.51. The summed E-state index contributed by atoms with van der Waals surface area (Å²) >= 11 is 0. The lowest BCUT2D eigenvalue weighted by molar-refractivity contribution is 0.194. The lowest BCUT2D eigenvalue weighted by Gasteiger charge is -2.31. The fourth-order valence-corrected chi connectivity index (χ4v) is 4.19. The molecule has 124 valence electrons. The number of nitrogens with zero attached hydrogens (tertiary/aromatic N) is 2. The van der Waals surface area contributed by atoms with Crippen LogP contribution in [-0.4, -0.2) is 55.1 Å². The van der Waals surface area contributed by atoms with Gasteiger partial charge in [0.25, 0.3) is 0 Å². The van der Waals surface area contributed by atoms with Crippen molar-refractivity contribution in [2.75, 3.05) is 39.3 Å². The van der Waals surface area contributed by atoms with Crippen molar-refractivity contribution in [3.8, 4) is 0 Å². The summed E-state index contributed by atoms with van der Waals surface area (Å²) in [5, 5.41) is 0. The number of likely N-dealkylation sites (tertiary alicyclic amines) is 2. The van der Waals surface area contributed by atoms with E-state index in [1.807, 2.05) is 0 Å². The summed E-state index contributed by atoms with van der Waals surface area (Å²) in [6.45, 7) is 14.6. The van der Waals surface area contributed by atoms with Gasteiger partial charge in [0, 0.05) is 12.6 Å². The first kappa shape index (κ1) is 17.2. The van der Waals surface area contributed by atoms with Crippen LogP contribution in [0.5, 0.6) is 0 Å². The molecular formula is C18H37N3. The van der Waals surface area contributed by atoms with Crippen molar-refractivity contribution < 1.29 is 0 Å². The Morgan fingerprint density at radius 2 is 1.81 bits per heavy atom. The molecule has 2 atom stereocenters. The van der Waals surface area contributed by atoms with Gasteiger partial charge in [0.1, 0.15) is 0 Å². The highest BCUT2D eigenvalue weighted by Crippen LogP contribution is 2.32. The molecule has 0 radical (unpaired) electrons. The number of nitrogens with two attached hydrogens (primary N) is 1. The topological polar surface area (TPSA) is 32.5 Å². The van der Waals surface area contributed by atoms with Gasteiger partial charge in [0.15, 0.2) is 0 Å². The Labute approximate surface area is 132 Å². The van der Waals surface area contributed by atoms with Crippen LogP contribution in [0.15, 0.2) is 0 Å². The minimum atomic E-state index is 0.405. The van der Waals surface area contributed by atoms with Gasteiger partial charge in [0.05, 0.1) is 0 Å². The molecule has 2 unspecified atom stereocenters. The molecule has 0 bridgehead atoms. The van der Waals surface area contributed by atoms with Crippen molar-refractivity contribution in [3.63, 3.8) is 0 Å². The third-order valence-electron chi connectivity index (χ3n) is 5.67. The summed E-state index contributed by atoms with van der Waals surface area (Å²) in [4.78, 5) is 5.43. The fourth-order valence-electron chi connectivity index (χ4n) is 4.19. The average molecular weight is 296 g/mol. The van der Waals surface area contributed by atoms with Crippen LogP contribution in [0, 0.1) is 11.3 Å². The average Bonchev–Trinajstić information content (AvgIpc) is 3.07. The van der Waals surface area contributed by atoms with Crippen molar-refractivity contribution >= 4 is 0 Å². The molecule has 2 fully saturated rings. The third-order valence-corrected chi connectivity index (χ3v) is 5.67. The predicted octanol–water partition coefficient (Wildman–Crippen LogP) is 2.95. The van der Waals surface area contributed by atoms with Crippen LogP contribution in [0.3, 0.4) is 0 Å². The van der Waals surface area contributed by atoms with Crippen molar-refractivity contribution in [1.29, 1.82) is 0 Å². The van der Waals surface area contributed by atoms with E-state index in [1.165, 1.54) is 71.2 Å². The monoisotopic (exact) mass is 295 g/mol. The van der Waals surface area contributed by atoms with E-state index >= 15 is 0 Å². The molecule has 3 heteroatoms. The lowest BCUT2D eigenvalue weighted by atomic mass is 9.76. The highest BCUT2D eigenvalue weighted by atomic mass is 15.3. The summed E-state index contributed by atoms with van der Waals surface area (Å²) < 4.78 is 0. The van der Waals surface area contributed by atoms with E-state index in [2.05, 4.69) is 30.6 Å². The zero-order chi connectivity index (χ0) is 15.3. The van der Waals surface area contributed by atoms with Crippen LogP contribution in [0.1, 0.15) is 59.3 Å². The normalized spacial score (nSPS) is 26.6. The van der Waals surface area contributed by atoms with Crippen molar-refractivity contribution in [2.24, 2.45) is 17.1 Å². The van der Waals surface area contributed by atoms with Gasteiger partial charge in [0.2, 0.25) is 0 Å². The number of rotatable bonds is 7. The molecule has 2 aliphatic rings. The van der Waals surface area contributed by atoms with Crippen LogP contribution in [-0.2, 0) is 0 Å². The van der Waals surface area contributed by atoms with Gasteiger partial charge in [-0.05, 0) is 82.6 Å². The Bertz CT molecular complexity index is 291. The molecule has 0 spiro atoms. The molecule has 2 rings (SSSR count). The second kappa shape index (κ2) is 7.94. The van der Waals surface area contributed by atoms with Crippen LogP contribution in [0.4, 0.5) is 0 Å². The van der Waals surface area contributed by atoms with Gasteiger partial charge >= 0.3 is 0 Å². The molecular weight excluding hydrogens is 258 g/mol. The predicted molar refractivity (Wildman–Crippen MR) is 91.5 cm³/mol. The van der Waals surface area contributed by atoms with E-state index in [0.29, 0.717) is 5.41 Å². The Hall–Kier alpha value is -0.120. The molecule has 0 aromatic carbocycles. The zero-order valence-electron chi connectivity index (χ0n) is 14.6. The summed E-state index contributed by atoms with van der Waals surface area (Å²) in [6.07, 6.45) is 8.09. The molecule has 2 heterocycles. The van der Waals surface area contributed by atoms with E-state index in [1.54, 1.807) is 0 Å². The minimum Gasteiger partial charge on any atom is -0.330 e. The molecule has 0 saturated carbocycles. The van der Waals surface area contributed by atoms with Gasteiger partial charge in [-0.25, -0.2) is 0 Å². The van der Waals surface area contributed by atoms with Gasteiger partial charge in [-0.3, -0.25) is 4.90 Å². The quantitative estimate of drug-likeness (QED) is 0.784. The van der Waals surface area contributed by atoms with Crippen LogP contribution in [0.25, 0.3) is 0 Å². The molecule has 0 amide bonds. The van der Waals surface area contributed by atoms with Gasteiger partial charge < -0.3 is 10.6 Å². The van der Waals surface area contributed by atoms with Crippen LogP contribution >= 0.6 is 0 Å². The highest BCUT2D eigenvalue weighted by Gasteiger charge is 2.29. The fraction of sp³-hybridized carbons (Fsp3) is 1.00. The third kappa shape index (κ3) is 5.22. The molecule has 3 nitrogen and oxygen atoms in total. The van der Waals surface area contributed by atoms with E-state index in [4.69, 9.17) is 5.73 Å². The van der Waals surface area contributed by atoms with Crippen molar-refractivity contribution in [3.05, 3.63) is 0 Å². The minimum absolute atomic E-state index is 0.405. The van der Waals surface area contributed by atoms with Gasteiger partial charge in [-0.2, -0.15) is 0 Å². The summed E-state index contributed by atoms with van der Waals surface area (Å²) in [6, 6.07) is 0.856. The summed E-state index contributed by atoms with van der Waals surface area (Å²) in [7, 11) is 0. The maximum absolute atomic E-state index is 5.79. The zero-order valence-corrected chi connectivity index (χ0v) is 14.6. The molecule has 2 N–H and O–H groups in total. The molecule has 0 aromatic heterocycles. The van der Waals surface area contributed by atoms with Crippen molar-refractivity contribution in [1.82, 2.24) is 9.80 Å². The Balaban J connectivity index is 1.66. The summed E-state index contributed by atoms with van der Waals surface area (Å²) in [5.41, 5.74) is 6.20. The Morgan fingerprint density at radius 3 is 2.43 bits per heavy atom. The Morgan fingerprint density at radius 1 is 1.10 bits per heavy atom. The molecule has 2 saturated heterocycles. The van der Waals surface area contributed by atoms with Gasteiger partial charge in [-0.1, -0.05) is 20.8 Å². The SMILES string of the molecule is CC(C)(C)C(CCN)CCCN1CCC(N2CCCC2)C1. The first-order valence-electron chi connectivity index (χ1n) is 9.17. The van der Waals surface area contributed by atoms with E-state index < -0.39 is 0 Å². The summed E-state index contributed by atoms with van der Waals surface area (Å²) in [5.74, 6) is 0.777. The molecule has 21 heavy (non-hydrogen) atoms. The standard InChI is InChI=1S/C18H37N3/c1-18(2,3)16(8-10-19)7-6-11-20-14-9-17(15-20)21-12-4-5-13-21/h16-17H,4-15,19H2,1-3H3. The van der Waals surface area contributed by atoms with E-state index in [-0.39, 0.29) is 0 Å². The largest absolute Gasteiger partial charge is 0.330 e. The maximum Gasteiger partial charge on any atom is 0.0235 e. The first-order chi connectivity index (χ1) is 10.0. The van der Waals surface area contributed by atoms with Crippen molar-refractivity contribution in [2.45, 2.75) is 65.3 Å². The molecule has 0 aromatic rings. The van der Waals surface area contributed by atoms with E-state index in [9.17, 15) is 0 Å². The second-order valence-electron chi connectivity index (χ2n) is 8.27. The van der Waals surface area contributed by atoms with Crippen LogP contribution < -0.4 is 5.73 Å². The van der Waals surface area contributed by atoms with E-state index in [0.717, 1.165) is 18.5 Å². The maximum atomic E-state index is 5.79. The number of hydrogen-bond donors (Lipinski definition) is 1. The first-order valence-corrected chi connectivity index (χ1v) is 9.17. The number of hydrogen-bond acceptors (Lipinski definition) is 3. The highest BCUT2D eigenvalue weighted by molar-refractivity contribution is 4.85. The molecule has 2 aliphatic heterocycles.